The van der Waals surface area contributed by atoms with Crippen molar-refractivity contribution in [1.29, 1.82) is 0 Å². The Morgan fingerprint density at radius 3 is 0.800 bits per heavy atom. The fourth-order valence-corrected chi connectivity index (χ4v) is 0. The summed E-state index contributed by atoms with van der Waals surface area (Å²) in [7, 11) is 0. The summed E-state index contributed by atoms with van der Waals surface area (Å²) in [6, 6.07) is 0. The van der Waals surface area contributed by atoms with Crippen molar-refractivity contribution in [3.8, 4) is 0 Å². The van der Waals surface area contributed by atoms with Crippen molar-refractivity contribution in [2.24, 2.45) is 0 Å². The van der Waals surface area contributed by atoms with Crippen LogP contribution in [0.5, 0.6) is 0 Å². The topological polar surface area (TPSA) is 40.5 Å². The van der Waals surface area contributed by atoms with Crippen LogP contribution in [-0.4, -0.2) is 9.32 Å². The molecule has 2 N–H and O–H groups in total. The van der Waals surface area contributed by atoms with Crippen molar-refractivity contribution >= 4 is 23.7 Å². The Morgan fingerprint density at radius 1 is 0.800 bits per heavy atom. The Hall–Kier alpha value is 1.21. The molecule has 0 unspecified atom stereocenters. The van der Waals surface area contributed by atoms with Crippen molar-refractivity contribution in [1.82, 2.24) is 0 Å². The summed E-state index contributed by atoms with van der Waals surface area (Å²) >= 11 is 7.28. The molecule has 0 aliphatic rings. The van der Waals surface area contributed by atoms with Crippen LogP contribution in [0.2, 0.25) is 0 Å². The van der Waals surface area contributed by atoms with Crippen LogP contribution in [0.3, 0.4) is 0 Å². The normalized spacial score (nSPS) is 2.40. The SMILES string of the molecule is OCl.OCl.[Ti]. The number of hydrogen-bond acceptors (Lipinski definition) is 2. The van der Waals surface area contributed by atoms with E-state index >= 15 is 0 Å². The van der Waals surface area contributed by atoms with E-state index in [-0.39, 0.29) is 21.7 Å². The molecular formula is H2Cl2O2Ti. The minimum absolute atomic E-state index is 0. The zero-order valence-corrected chi connectivity index (χ0v) is 5.22. The number of hydrogen-bond donors (Lipinski definition) is 2. The molecule has 0 heterocycles. The first-order valence-electron chi connectivity index (χ1n) is 0.338. The molecule has 0 amide bonds. The van der Waals surface area contributed by atoms with E-state index < -0.39 is 0 Å². The van der Waals surface area contributed by atoms with Gasteiger partial charge in [-0.2, -0.15) is 0 Å². The smallest absolute Gasteiger partial charge is 0.0579 e. The fraction of sp³-hybridized carbons (Fsp3) is 0. The predicted octanol–water partition coefficient (Wildman–Crippen LogP) is 0.263. The summed E-state index contributed by atoms with van der Waals surface area (Å²) in [6.07, 6.45) is 0. The molecule has 0 saturated heterocycles. The molecule has 0 atom stereocenters. The van der Waals surface area contributed by atoms with E-state index in [4.69, 9.17) is 9.32 Å². The molecule has 0 aromatic heterocycles. The van der Waals surface area contributed by atoms with Gasteiger partial charge in [0.15, 0.2) is 0 Å². The van der Waals surface area contributed by atoms with Crippen LogP contribution >= 0.6 is 23.7 Å². The van der Waals surface area contributed by atoms with Gasteiger partial charge < -0.3 is 0 Å². The van der Waals surface area contributed by atoms with E-state index in [1.54, 1.807) is 0 Å². The molecule has 2 nitrogen and oxygen atoms in total. The summed E-state index contributed by atoms with van der Waals surface area (Å²) < 4.78 is 12.9. The second-order valence-corrected chi connectivity index (χ2v) is 0. The third-order valence-corrected chi connectivity index (χ3v) is 0. The van der Waals surface area contributed by atoms with Gasteiger partial charge in [-0.15, -0.1) is 0 Å². The van der Waals surface area contributed by atoms with Gasteiger partial charge in [-0.05, 0) is 0 Å². The summed E-state index contributed by atoms with van der Waals surface area (Å²) in [5, 5.41) is 0. The predicted molar refractivity (Wildman–Crippen MR) is 16.1 cm³/mol. The Balaban J connectivity index is -0.0000000133. The van der Waals surface area contributed by atoms with Gasteiger partial charge in [0, 0.05) is 21.7 Å². The van der Waals surface area contributed by atoms with Crippen LogP contribution in [-0.2, 0) is 21.7 Å². The number of halogens is 2. The maximum atomic E-state index is 6.47. The van der Waals surface area contributed by atoms with Crippen molar-refractivity contribution in [3.63, 3.8) is 0 Å². The largest absolute Gasteiger partial charge is 0.295 e. The second kappa shape index (κ2) is 62.8. The first-order valence-corrected chi connectivity index (χ1v) is 1.01. The summed E-state index contributed by atoms with van der Waals surface area (Å²) in [5.41, 5.74) is 0. The minimum Gasteiger partial charge on any atom is -0.295 e. The monoisotopic (exact) mass is 152 g/mol. The average molecular weight is 153 g/mol. The average Bonchev–Trinajstić information content (AvgIpc) is 1.50. The Bertz CT molecular complexity index is 7.61. The van der Waals surface area contributed by atoms with Crippen molar-refractivity contribution in [3.05, 3.63) is 0 Å². The van der Waals surface area contributed by atoms with Gasteiger partial charge in [0.05, 0.1) is 23.7 Å². The Morgan fingerprint density at radius 2 is 0.800 bits per heavy atom. The molecule has 0 spiro atoms. The van der Waals surface area contributed by atoms with Gasteiger partial charge in [0.25, 0.3) is 0 Å². The number of rotatable bonds is 0. The van der Waals surface area contributed by atoms with Crippen molar-refractivity contribution in [2.45, 2.75) is 0 Å². The van der Waals surface area contributed by atoms with Crippen molar-refractivity contribution in [2.75, 3.05) is 0 Å². The van der Waals surface area contributed by atoms with Gasteiger partial charge in [-0.3, -0.25) is 9.32 Å². The van der Waals surface area contributed by atoms with E-state index in [1.165, 1.54) is 0 Å². The molecule has 0 rings (SSSR count). The molecule has 0 radical (unpaired) electrons. The Kier molecular flexibility index (Phi) is 205. The third kappa shape index (κ3) is 36.5. The molecular weight excluding hydrogens is 151 g/mol. The van der Waals surface area contributed by atoms with E-state index in [0.717, 1.165) is 0 Å². The minimum atomic E-state index is 0. The van der Waals surface area contributed by atoms with E-state index in [2.05, 4.69) is 23.7 Å². The van der Waals surface area contributed by atoms with Gasteiger partial charge in [-0.25, -0.2) is 0 Å². The van der Waals surface area contributed by atoms with E-state index in [0.29, 0.717) is 0 Å². The zero-order chi connectivity index (χ0) is 4.00. The van der Waals surface area contributed by atoms with Crippen LogP contribution < -0.4 is 0 Å². The van der Waals surface area contributed by atoms with Gasteiger partial charge in [-0.1, -0.05) is 0 Å². The molecule has 5 heavy (non-hydrogen) atoms. The molecule has 0 saturated carbocycles. The van der Waals surface area contributed by atoms with Crippen LogP contribution in [0.15, 0.2) is 0 Å². The second-order valence-electron chi connectivity index (χ2n) is 0. The van der Waals surface area contributed by atoms with E-state index in [9.17, 15) is 0 Å². The molecule has 0 aromatic carbocycles. The van der Waals surface area contributed by atoms with Crippen LogP contribution in [0, 0.1) is 0 Å². The molecule has 0 aliphatic heterocycles. The molecule has 0 bridgehead atoms. The van der Waals surface area contributed by atoms with E-state index in [1.807, 2.05) is 0 Å². The molecule has 5 heteroatoms. The van der Waals surface area contributed by atoms with Gasteiger partial charge >= 0.3 is 0 Å². The summed E-state index contributed by atoms with van der Waals surface area (Å²) in [4.78, 5) is 0. The summed E-state index contributed by atoms with van der Waals surface area (Å²) in [5.74, 6) is 0. The standard InChI is InChI=1S/2ClHO.Ti/c2*1-2;/h2*2H;. The van der Waals surface area contributed by atoms with Crippen molar-refractivity contribution < 1.29 is 31.0 Å². The first-order chi connectivity index (χ1) is 2.00. The fourth-order valence-electron chi connectivity index (χ4n) is 0. The third-order valence-electron chi connectivity index (χ3n) is 0. The maximum absolute atomic E-state index is 6.47. The zero-order valence-electron chi connectivity index (χ0n) is 2.15. The molecule has 0 fully saturated rings. The molecule has 0 aromatic rings. The quantitative estimate of drug-likeness (QED) is 0.490. The van der Waals surface area contributed by atoms with Crippen LogP contribution in [0.4, 0.5) is 0 Å². The first kappa shape index (κ1) is 16.4. The Labute approximate surface area is 54.9 Å². The van der Waals surface area contributed by atoms with Crippen LogP contribution in [0.25, 0.3) is 0 Å². The molecule has 0 aliphatic carbocycles. The molecule has 32 valence electrons. The van der Waals surface area contributed by atoms with Crippen LogP contribution in [0.1, 0.15) is 0 Å². The van der Waals surface area contributed by atoms with Gasteiger partial charge in [0.1, 0.15) is 0 Å². The summed E-state index contributed by atoms with van der Waals surface area (Å²) in [6.45, 7) is 0. The maximum Gasteiger partial charge on any atom is 0.0579 e. The van der Waals surface area contributed by atoms with Gasteiger partial charge in [0.2, 0.25) is 0 Å².